The fourth-order valence-electron chi connectivity index (χ4n) is 2.17. The maximum atomic E-state index is 12.6. The fraction of sp³-hybridized carbons (Fsp3) is 0.308. The lowest BCUT2D eigenvalue weighted by Crippen LogP contribution is -2.26. The van der Waals surface area contributed by atoms with E-state index >= 15 is 0 Å². The molecule has 126 valence electrons. The highest BCUT2D eigenvalue weighted by Gasteiger charge is 2.49. The number of hydrogen-bond acceptors (Lipinski definition) is 4. The minimum atomic E-state index is -5.97. The van der Waals surface area contributed by atoms with Crippen molar-refractivity contribution in [2.75, 3.05) is 0 Å². The van der Waals surface area contributed by atoms with E-state index in [0.29, 0.717) is 22.9 Å². The first-order chi connectivity index (χ1) is 10.5. The summed E-state index contributed by atoms with van der Waals surface area (Å²) in [5, 5.41) is 9.20. The van der Waals surface area contributed by atoms with Crippen molar-refractivity contribution in [3.63, 3.8) is 0 Å². The van der Waals surface area contributed by atoms with Gasteiger partial charge >= 0.3 is 21.6 Å². The molecular formula is C13H10BrF3O5S. The summed E-state index contributed by atoms with van der Waals surface area (Å²) in [4.78, 5) is 11.3. The third kappa shape index (κ3) is 3.69. The summed E-state index contributed by atoms with van der Waals surface area (Å²) < 4.78 is 65.0. The SMILES string of the molecule is O=C(O)C1=C(OS(=O)(=O)C(F)(F)F)c2cc(Br)ccc2CCC1. The quantitative estimate of drug-likeness (QED) is 0.605. The van der Waals surface area contributed by atoms with Crippen LogP contribution in [-0.2, 0) is 25.5 Å². The highest BCUT2D eigenvalue weighted by molar-refractivity contribution is 9.10. The summed E-state index contributed by atoms with van der Waals surface area (Å²) in [5.41, 5.74) is -5.63. The van der Waals surface area contributed by atoms with Gasteiger partial charge in [0.15, 0.2) is 5.76 Å². The van der Waals surface area contributed by atoms with Gasteiger partial charge < -0.3 is 9.29 Å². The second-order valence-electron chi connectivity index (χ2n) is 4.75. The summed E-state index contributed by atoms with van der Waals surface area (Å²) >= 11 is 3.12. The van der Waals surface area contributed by atoms with E-state index in [1.54, 1.807) is 12.1 Å². The topological polar surface area (TPSA) is 80.7 Å². The van der Waals surface area contributed by atoms with Crippen molar-refractivity contribution in [1.82, 2.24) is 0 Å². The summed E-state index contributed by atoms with van der Waals surface area (Å²) in [6.07, 6.45) is 0.623. The number of carboxylic acids is 1. The summed E-state index contributed by atoms with van der Waals surface area (Å²) in [7, 11) is -5.97. The van der Waals surface area contributed by atoms with Crippen LogP contribution in [0.3, 0.4) is 0 Å². The molecule has 0 spiro atoms. The lowest BCUT2D eigenvalue weighted by atomic mass is 10.0. The van der Waals surface area contributed by atoms with Crippen molar-refractivity contribution in [2.45, 2.75) is 24.8 Å². The second kappa shape index (κ2) is 6.16. The third-order valence-electron chi connectivity index (χ3n) is 3.20. The van der Waals surface area contributed by atoms with Crippen molar-refractivity contribution >= 4 is 37.8 Å². The van der Waals surface area contributed by atoms with Crippen LogP contribution in [0.2, 0.25) is 0 Å². The van der Waals surface area contributed by atoms with Crippen LogP contribution in [0.1, 0.15) is 24.0 Å². The highest BCUT2D eigenvalue weighted by Crippen LogP contribution is 2.37. The van der Waals surface area contributed by atoms with Gasteiger partial charge in [-0.05, 0) is 37.0 Å². The van der Waals surface area contributed by atoms with Crippen LogP contribution in [0.25, 0.3) is 5.76 Å². The van der Waals surface area contributed by atoms with E-state index in [9.17, 15) is 31.5 Å². The molecule has 1 aliphatic rings. The van der Waals surface area contributed by atoms with Gasteiger partial charge in [-0.25, -0.2) is 4.79 Å². The lowest BCUT2D eigenvalue weighted by Gasteiger charge is -2.16. The van der Waals surface area contributed by atoms with E-state index in [-0.39, 0.29) is 12.0 Å². The Labute approximate surface area is 138 Å². The van der Waals surface area contributed by atoms with Crippen LogP contribution in [-0.4, -0.2) is 25.0 Å². The van der Waals surface area contributed by atoms with Crippen LogP contribution in [0.15, 0.2) is 28.2 Å². The molecule has 0 atom stereocenters. The number of carbonyl (C=O) groups is 1. The molecule has 0 saturated carbocycles. The zero-order valence-electron chi connectivity index (χ0n) is 11.4. The highest BCUT2D eigenvalue weighted by atomic mass is 79.9. The summed E-state index contributed by atoms with van der Waals surface area (Å²) in [6, 6.07) is 4.54. The molecule has 1 N–H and O–H groups in total. The molecular weight excluding hydrogens is 405 g/mol. The Balaban J connectivity index is 2.68. The number of aryl methyl sites for hydroxylation is 1. The van der Waals surface area contributed by atoms with Gasteiger partial charge in [-0.1, -0.05) is 22.0 Å². The Morgan fingerprint density at radius 3 is 2.48 bits per heavy atom. The second-order valence-corrected chi connectivity index (χ2v) is 7.20. The molecule has 0 aliphatic heterocycles. The molecule has 0 saturated heterocycles. The maximum absolute atomic E-state index is 12.6. The Hall–Kier alpha value is -1.55. The van der Waals surface area contributed by atoms with E-state index in [1.165, 1.54) is 6.07 Å². The first kappa shape index (κ1) is 17.8. The normalized spacial score (nSPS) is 15.8. The van der Waals surface area contributed by atoms with Crippen molar-refractivity contribution in [3.05, 3.63) is 39.4 Å². The van der Waals surface area contributed by atoms with Crippen molar-refractivity contribution in [3.8, 4) is 0 Å². The van der Waals surface area contributed by atoms with Crippen molar-refractivity contribution in [1.29, 1.82) is 0 Å². The standard InChI is InChI=1S/C13H10BrF3O5S/c14-8-5-4-7-2-1-3-9(12(18)19)11(10(7)6-8)22-23(20,21)13(15,16)17/h4-6H,1-3H2,(H,18,19). The number of rotatable bonds is 3. The first-order valence-corrected chi connectivity index (χ1v) is 8.49. The molecule has 0 bridgehead atoms. The minimum Gasteiger partial charge on any atom is -0.478 e. The van der Waals surface area contributed by atoms with Gasteiger partial charge in [-0.3, -0.25) is 0 Å². The van der Waals surface area contributed by atoms with Crippen LogP contribution in [0.4, 0.5) is 13.2 Å². The number of aliphatic carboxylic acids is 1. The van der Waals surface area contributed by atoms with Gasteiger partial charge in [0.05, 0.1) is 5.57 Å². The molecule has 2 rings (SSSR count). The van der Waals surface area contributed by atoms with Gasteiger partial charge in [0.1, 0.15) is 0 Å². The maximum Gasteiger partial charge on any atom is 0.534 e. The smallest absolute Gasteiger partial charge is 0.478 e. The first-order valence-electron chi connectivity index (χ1n) is 6.29. The zero-order valence-corrected chi connectivity index (χ0v) is 13.8. The zero-order chi connectivity index (χ0) is 17.4. The Bertz CT molecular complexity index is 783. The molecule has 1 aromatic rings. The van der Waals surface area contributed by atoms with Gasteiger partial charge in [-0.2, -0.15) is 21.6 Å². The minimum absolute atomic E-state index is 0.0158. The van der Waals surface area contributed by atoms with Gasteiger partial charge in [-0.15, -0.1) is 0 Å². The largest absolute Gasteiger partial charge is 0.534 e. The summed E-state index contributed by atoms with van der Waals surface area (Å²) in [5.74, 6) is -2.31. The Morgan fingerprint density at radius 1 is 1.26 bits per heavy atom. The number of hydrogen-bond donors (Lipinski definition) is 1. The van der Waals surface area contributed by atoms with E-state index in [0.717, 1.165) is 0 Å². The van der Waals surface area contributed by atoms with Gasteiger partial charge in [0.25, 0.3) is 0 Å². The van der Waals surface area contributed by atoms with Crippen LogP contribution in [0, 0.1) is 0 Å². The molecule has 0 amide bonds. The predicted octanol–water partition coefficient (Wildman–Crippen LogP) is 3.45. The number of benzene rings is 1. The van der Waals surface area contributed by atoms with E-state index in [4.69, 9.17) is 0 Å². The fourth-order valence-corrected chi connectivity index (χ4v) is 3.03. The molecule has 0 radical (unpaired) electrons. The van der Waals surface area contributed by atoms with Gasteiger partial charge in [0.2, 0.25) is 0 Å². The van der Waals surface area contributed by atoms with Crippen LogP contribution >= 0.6 is 15.9 Å². The molecule has 10 heteroatoms. The van der Waals surface area contributed by atoms with Gasteiger partial charge in [0, 0.05) is 10.0 Å². The molecule has 1 aliphatic carbocycles. The number of fused-ring (bicyclic) bond motifs is 1. The predicted molar refractivity (Wildman–Crippen MR) is 77.7 cm³/mol. The Kier molecular flexibility index (Phi) is 4.76. The Morgan fingerprint density at radius 2 is 1.91 bits per heavy atom. The van der Waals surface area contributed by atoms with Crippen molar-refractivity contribution < 1.29 is 35.7 Å². The van der Waals surface area contributed by atoms with Crippen LogP contribution in [0.5, 0.6) is 0 Å². The lowest BCUT2D eigenvalue weighted by molar-refractivity contribution is -0.132. The average Bonchev–Trinajstić information content (AvgIpc) is 2.57. The molecule has 0 heterocycles. The molecule has 23 heavy (non-hydrogen) atoms. The molecule has 1 aromatic carbocycles. The van der Waals surface area contributed by atoms with E-state index in [1.807, 2.05) is 0 Å². The average molecular weight is 415 g/mol. The number of halogens is 4. The van der Waals surface area contributed by atoms with E-state index < -0.39 is 32.9 Å². The van der Waals surface area contributed by atoms with Crippen molar-refractivity contribution in [2.24, 2.45) is 0 Å². The molecule has 0 aromatic heterocycles. The number of alkyl halides is 3. The monoisotopic (exact) mass is 414 g/mol. The third-order valence-corrected chi connectivity index (χ3v) is 4.64. The molecule has 0 fully saturated rings. The van der Waals surface area contributed by atoms with Crippen LogP contribution < -0.4 is 0 Å². The summed E-state index contributed by atoms with van der Waals surface area (Å²) in [6.45, 7) is 0. The molecule has 0 unspecified atom stereocenters. The molecule has 5 nitrogen and oxygen atoms in total. The van der Waals surface area contributed by atoms with E-state index in [2.05, 4.69) is 20.1 Å². The number of carboxylic acid groups (broad SMARTS) is 1.